The molecule has 0 unspecified atom stereocenters. The molecule has 0 fully saturated rings. The van der Waals surface area contributed by atoms with Crippen LogP contribution in [-0.2, 0) is 20.6 Å². The lowest BCUT2D eigenvalue weighted by Crippen LogP contribution is -1.99. The molecule has 5 aromatic carbocycles. The molecule has 3 nitrogen and oxygen atoms in total. The molecule has 0 saturated carbocycles. The highest BCUT2D eigenvalue weighted by Crippen LogP contribution is 2.39. The molecule has 172 valence electrons. The number of hydrogen-bond donors (Lipinski definition) is 0. The first-order valence-electron chi connectivity index (χ1n) is 12.5. The van der Waals surface area contributed by atoms with E-state index in [1.807, 2.05) is 0 Å². The molecule has 3 heterocycles. The summed E-state index contributed by atoms with van der Waals surface area (Å²) in [6, 6.07) is 37.8. The zero-order valence-electron chi connectivity index (χ0n) is 20.4. The van der Waals surface area contributed by atoms with E-state index in [0.717, 1.165) is 6.54 Å². The molecule has 0 N–H and O–H groups in total. The average molecular weight is 464 g/mol. The fourth-order valence-corrected chi connectivity index (χ4v) is 6.47. The minimum Gasteiger partial charge on any atom is -0.344 e. The first kappa shape index (κ1) is 19.8. The van der Waals surface area contributed by atoms with Gasteiger partial charge in [-0.3, -0.25) is 0 Å². The molecule has 0 radical (unpaired) electrons. The minimum absolute atomic E-state index is 0.844. The number of fused-ring (bicyclic) bond motifs is 10. The molecule has 3 heteroatoms. The van der Waals surface area contributed by atoms with Crippen LogP contribution in [0.15, 0.2) is 103 Å². The summed E-state index contributed by atoms with van der Waals surface area (Å²) in [7, 11) is 4.38. The monoisotopic (exact) mass is 463 g/mol. The summed E-state index contributed by atoms with van der Waals surface area (Å²) in [5, 5.41) is 7.93. The number of para-hydroxylation sites is 3. The van der Waals surface area contributed by atoms with E-state index in [-0.39, 0.29) is 0 Å². The molecule has 0 amide bonds. The lowest BCUT2D eigenvalue weighted by Gasteiger charge is -2.08. The Kier molecular flexibility index (Phi) is 3.85. The second-order valence-electron chi connectivity index (χ2n) is 9.96. The zero-order chi connectivity index (χ0) is 24.0. The predicted molar refractivity (Wildman–Crippen MR) is 153 cm³/mol. The molecule has 0 aliphatic heterocycles. The lowest BCUT2D eigenvalue weighted by atomic mass is 10.1. The van der Waals surface area contributed by atoms with Gasteiger partial charge in [0.25, 0.3) is 0 Å². The van der Waals surface area contributed by atoms with Crippen LogP contribution < -0.4 is 0 Å². The van der Waals surface area contributed by atoms with Crippen LogP contribution in [0, 0.1) is 0 Å². The normalized spacial score (nSPS) is 12.3. The number of hydrogen-bond acceptors (Lipinski definition) is 0. The third kappa shape index (κ3) is 2.47. The van der Waals surface area contributed by atoms with Crippen molar-refractivity contribution in [2.45, 2.75) is 6.54 Å². The molecular weight excluding hydrogens is 438 g/mol. The van der Waals surface area contributed by atoms with Crippen LogP contribution in [0.3, 0.4) is 0 Å². The van der Waals surface area contributed by atoms with Gasteiger partial charge < -0.3 is 13.7 Å². The first-order chi connectivity index (χ1) is 17.7. The fourth-order valence-electron chi connectivity index (χ4n) is 6.47. The quantitative estimate of drug-likeness (QED) is 0.246. The van der Waals surface area contributed by atoms with Crippen LogP contribution in [0.2, 0.25) is 0 Å². The molecule has 8 aromatic rings. The minimum atomic E-state index is 0.844. The standard InChI is InChI=1S/C33H25N3/c1-34-27-12-6-5-11-25(27)32-31(34)18-16-24-26-19-21(15-17-28(26)35(2)33(24)32)20-36-29-13-7-3-9-22(29)23-10-4-8-14-30(23)36/h3-19H,20H2,1-2H3. The summed E-state index contributed by atoms with van der Waals surface area (Å²) in [6.45, 7) is 0.844. The number of aryl methyl sites for hydroxylation is 2. The van der Waals surface area contributed by atoms with Gasteiger partial charge in [-0.05, 0) is 42.0 Å². The smallest absolute Gasteiger partial charge is 0.0590 e. The van der Waals surface area contributed by atoms with E-state index >= 15 is 0 Å². The van der Waals surface area contributed by atoms with E-state index in [2.05, 4.69) is 131 Å². The van der Waals surface area contributed by atoms with Crippen LogP contribution in [0.25, 0.3) is 65.4 Å². The Hall–Kier alpha value is -4.50. The van der Waals surface area contributed by atoms with Gasteiger partial charge in [0.05, 0.1) is 11.0 Å². The van der Waals surface area contributed by atoms with Gasteiger partial charge in [0.1, 0.15) is 0 Å². The Balaban J connectivity index is 1.39. The van der Waals surface area contributed by atoms with Crippen LogP contribution in [0.1, 0.15) is 5.56 Å². The molecule has 0 aliphatic rings. The van der Waals surface area contributed by atoms with E-state index in [4.69, 9.17) is 0 Å². The SMILES string of the molecule is Cn1c2ccccc2c2c1ccc1c3cc(Cn4c5ccccc5c5ccccc54)ccc3n(C)c12. The highest BCUT2D eigenvalue weighted by molar-refractivity contribution is 6.25. The third-order valence-corrected chi connectivity index (χ3v) is 8.12. The van der Waals surface area contributed by atoms with Crippen molar-refractivity contribution in [1.29, 1.82) is 0 Å². The summed E-state index contributed by atoms with van der Waals surface area (Å²) in [5.74, 6) is 0. The van der Waals surface area contributed by atoms with Crippen molar-refractivity contribution in [2.75, 3.05) is 0 Å². The van der Waals surface area contributed by atoms with Gasteiger partial charge in [0, 0.05) is 75.0 Å². The molecule has 0 atom stereocenters. The van der Waals surface area contributed by atoms with Gasteiger partial charge in [-0.25, -0.2) is 0 Å². The second-order valence-corrected chi connectivity index (χ2v) is 9.96. The van der Waals surface area contributed by atoms with Crippen LogP contribution in [-0.4, -0.2) is 13.7 Å². The van der Waals surface area contributed by atoms with Gasteiger partial charge >= 0.3 is 0 Å². The van der Waals surface area contributed by atoms with E-state index in [9.17, 15) is 0 Å². The summed E-state index contributed by atoms with van der Waals surface area (Å²) in [5.41, 5.74) is 9.03. The van der Waals surface area contributed by atoms with Crippen LogP contribution in [0.5, 0.6) is 0 Å². The van der Waals surface area contributed by atoms with Crippen molar-refractivity contribution >= 4 is 65.4 Å². The van der Waals surface area contributed by atoms with E-state index in [1.165, 1.54) is 71.0 Å². The predicted octanol–water partition coefficient (Wildman–Crippen LogP) is 8.13. The maximum atomic E-state index is 2.46. The van der Waals surface area contributed by atoms with Crippen molar-refractivity contribution in [2.24, 2.45) is 14.1 Å². The topological polar surface area (TPSA) is 14.8 Å². The Bertz CT molecular complexity index is 2100. The number of nitrogens with zero attached hydrogens (tertiary/aromatic N) is 3. The van der Waals surface area contributed by atoms with Crippen molar-refractivity contribution in [3.63, 3.8) is 0 Å². The molecular formula is C33H25N3. The first-order valence-corrected chi connectivity index (χ1v) is 12.5. The van der Waals surface area contributed by atoms with E-state index < -0.39 is 0 Å². The van der Waals surface area contributed by atoms with Crippen LogP contribution >= 0.6 is 0 Å². The molecule has 36 heavy (non-hydrogen) atoms. The Labute approximate surface area is 208 Å². The Morgan fingerprint density at radius 3 is 1.78 bits per heavy atom. The Morgan fingerprint density at radius 1 is 0.472 bits per heavy atom. The van der Waals surface area contributed by atoms with Gasteiger partial charge in [-0.1, -0.05) is 66.7 Å². The molecule has 8 rings (SSSR count). The van der Waals surface area contributed by atoms with Gasteiger partial charge in [0.15, 0.2) is 0 Å². The lowest BCUT2D eigenvalue weighted by molar-refractivity contribution is 0.870. The molecule has 0 aliphatic carbocycles. The van der Waals surface area contributed by atoms with Crippen molar-refractivity contribution in [3.8, 4) is 0 Å². The van der Waals surface area contributed by atoms with Gasteiger partial charge in [0.2, 0.25) is 0 Å². The maximum Gasteiger partial charge on any atom is 0.0590 e. The van der Waals surface area contributed by atoms with Crippen molar-refractivity contribution in [1.82, 2.24) is 13.7 Å². The largest absolute Gasteiger partial charge is 0.344 e. The van der Waals surface area contributed by atoms with Crippen LogP contribution in [0.4, 0.5) is 0 Å². The number of aromatic nitrogens is 3. The highest BCUT2D eigenvalue weighted by Gasteiger charge is 2.17. The summed E-state index contributed by atoms with van der Waals surface area (Å²) >= 11 is 0. The number of benzene rings is 5. The highest BCUT2D eigenvalue weighted by atomic mass is 15.0. The number of rotatable bonds is 2. The molecule has 0 bridgehead atoms. The van der Waals surface area contributed by atoms with Crippen molar-refractivity contribution in [3.05, 3.63) is 109 Å². The van der Waals surface area contributed by atoms with Crippen molar-refractivity contribution < 1.29 is 0 Å². The van der Waals surface area contributed by atoms with Gasteiger partial charge in [-0.15, -0.1) is 0 Å². The zero-order valence-corrected chi connectivity index (χ0v) is 20.4. The second kappa shape index (κ2) is 7.02. The maximum absolute atomic E-state index is 2.46. The fraction of sp³-hybridized carbons (Fsp3) is 0.0909. The third-order valence-electron chi connectivity index (χ3n) is 8.12. The van der Waals surface area contributed by atoms with Gasteiger partial charge in [-0.2, -0.15) is 0 Å². The Morgan fingerprint density at radius 2 is 1.06 bits per heavy atom. The molecule has 0 spiro atoms. The average Bonchev–Trinajstić information content (AvgIpc) is 3.51. The molecule has 3 aromatic heterocycles. The summed E-state index contributed by atoms with van der Waals surface area (Å²) < 4.78 is 7.15. The van der Waals surface area contributed by atoms with E-state index in [1.54, 1.807) is 0 Å². The summed E-state index contributed by atoms with van der Waals surface area (Å²) in [6.07, 6.45) is 0. The molecule has 0 saturated heterocycles. The van der Waals surface area contributed by atoms with E-state index in [0.29, 0.717) is 0 Å². The summed E-state index contributed by atoms with van der Waals surface area (Å²) in [4.78, 5) is 0.